The molecule has 0 aliphatic rings. The summed E-state index contributed by atoms with van der Waals surface area (Å²) >= 11 is 0. The van der Waals surface area contributed by atoms with E-state index in [-0.39, 0.29) is 19.1 Å². The zero-order valence-electron chi connectivity index (χ0n) is 13.1. The summed E-state index contributed by atoms with van der Waals surface area (Å²) in [5.74, 6) is -0.765. The van der Waals surface area contributed by atoms with Crippen molar-refractivity contribution in [2.75, 3.05) is 13.2 Å². The molecule has 2 amide bonds. The molecule has 24 heavy (non-hydrogen) atoms. The topological polar surface area (TPSA) is 126 Å². The number of aromatic amines is 1. The van der Waals surface area contributed by atoms with Crippen molar-refractivity contribution in [3.8, 4) is 0 Å². The largest absolute Gasteiger partial charge is 0.361 e. The van der Waals surface area contributed by atoms with Gasteiger partial charge >= 0.3 is 0 Å². The second-order valence-corrected chi connectivity index (χ2v) is 5.16. The van der Waals surface area contributed by atoms with E-state index in [4.69, 9.17) is 0 Å². The lowest BCUT2D eigenvalue weighted by atomic mass is 10.0. The monoisotopic (exact) mass is 334 g/mol. The summed E-state index contributed by atoms with van der Waals surface area (Å²) in [6.07, 6.45) is 2.09. The summed E-state index contributed by atoms with van der Waals surface area (Å²) < 4.78 is 0. The second-order valence-electron chi connectivity index (χ2n) is 5.16. The number of carbonyl (C=O) groups excluding carboxylic acids is 2. The average Bonchev–Trinajstić information content (AvgIpc) is 2.93. The number of benzene rings is 1. The predicted octanol–water partition coefficient (Wildman–Crippen LogP) is 0.540. The van der Waals surface area contributed by atoms with Gasteiger partial charge in [0.1, 0.15) is 12.6 Å². The van der Waals surface area contributed by atoms with E-state index in [1.54, 1.807) is 6.20 Å². The van der Waals surface area contributed by atoms with Gasteiger partial charge in [0.25, 0.3) is 5.09 Å². The normalized spacial score (nSPS) is 11.7. The molecule has 128 valence electrons. The summed E-state index contributed by atoms with van der Waals surface area (Å²) in [5.41, 5.74) is 1.83. The fraction of sp³-hybridized carbons (Fsp3) is 0.333. The summed E-state index contributed by atoms with van der Waals surface area (Å²) in [6, 6.07) is 6.85. The molecule has 0 aliphatic heterocycles. The number of amides is 2. The van der Waals surface area contributed by atoms with Crippen LogP contribution in [0.5, 0.6) is 0 Å². The number of nitrogens with one attached hydrogen (secondary N) is 3. The Morgan fingerprint density at radius 1 is 1.38 bits per heavy atom. The van der Waals surface area contributed by atoms with E-state index in [2.05, 4.69) is 20.5 Å². The highest BCUT2D eigenvalue weighted by Crippen LogP contribution is 2.19. The van der Waals surface area contributed by atoms with Gasteiger partial charge in [-0.2, -0.15) is 0 Å². The van der Waals surface area contributed by atoms with E-state index in [1.807, 2.05) is 24.3 Å². The number of fused-ring (bicyclic) bond motifs is 1. The first-order chi connectivity index (χ1) is 11.5. The highest BCUT2D eigenvalue weighted by Gasteiger charge is 2.21. The molecule has 0 saturated carbocycles. The Bertz CT molecular complexity index is 742. The van der Waals surface area contributed by atoms with E-state index < -0.39 is 17.0 Å². The zero-order valence-corrected chi connectivity index (χ0v) is 13.1. The first kappa shape index (κ1) is 17.3. The Morgan fingerprint density at radius 3 is 2.83 bits per heavy atom. The van der Waals surface area contributed by atoms with Crippen LogP contribution in [0.3, 0.4) is 0 Å². The first-order valence-corrected chi connectivity index (χ1v) is 7.34. The number of nitrogens with zero attached hydrogens (tertiary/aromatic N) is 1. The summed E-state index contributed by atoms with van der Waals surface area (Å²) in [5, 5.41) is 15.2. The smallest absolute Gasteiger partial charge is 0.294 e. The Hall–Kier alpha value is -3.10. The summed E-state index contributed by atoms with van der Waals surface area (Å²) in [4.78, 5) is 40.9. The number of para-hydroxylation sites is 1. The van der Waals surface area contributed by atoms with E-state index in [0.717, 1.165) is 16.5 Å². The van der Waals surface area contributed by atoms with Crippen LogP contribution in [-0.4, -0.2) is 41.1 Å². The molecule has 1 heterocycles. The Balaban J connectivity index is 2.03. The number of aromatic nitrogens is 1. The molecule has 0 saturated heterocycles. The van der Waals surface area contributed by atoms with Crippen molar-refractivity contribution in [3.63, 3.8) is 0 Å². The molecular formula is C15H18N4O5. The Labute approximate surface area is 137 Å². The third-order valence-corrected chi connectivity index (χ3v) is 3.39. The van der Waals surface area contributed by atoms with Gasteiger partial charge in [-0.3, -0.25) is 9.59 Å². The van der Waals surface area contributed by atoms with Crippen LogP contribution in [-0.2, 0) is 20.8 Å². The molecular weight excluding hydrogens is 316 g/mol. The molecule has 0 fully saturated rings. The standard InChI is InChI=1S/C15H18N4O5/c1-10(20)18-14(15(21)16-6-7-24-19(22)23)8-11-9-17-13-5-3-2-4-12(11)13/h2-5,9,14,17H,6-8H2,1H3,(H,16,21)(H,18,20)/t14-/m0/s1. The molecule has 9 heteroatoms. The van der Waals surface area contributed by atoms with E-state index in [1.165, 1.54) is 6.92 Å². The van der Waals surface area contributed by atoms with Crippen molar-refractivity contribution in [1.29, 1.82) is 0 Å². The van der Waals surface area contributed by atoms with Crippen LogP contribution in [0.25, 0.3) is 10.9 Å². The van der Waals surface area contributed by atoms with Gasteiger partial charge in [-0.1, -0.05) is 18.2 Å². The molecule has 1 atom stereocenters. The third-order valence-electron chi connectivity index (χ3n) is 3.39. The maximum Gasteiger partial charge on any atom is 0.294 e. The molecule has 0 unspecified atom stereocenters. The van der Waals surface area contributed by atoms with Crippen molar-refractivity contribution in [3.05, 3.63) is 46.1 Å². The van der Waals surface area contributed by atoms with Crippen LogP contribution < -0.4 is 10.6 Å². The maximum atomic E-state index is 12.2. The fourth-order valence-electron chi connectivity index (χ4n) is 2.39. The average molecular weight is 334 g/mol. The molecule has 0 spiro atoms. The van der Waals surface area contributed by atoms with Crippen molar-refractivity contribution in [2.24, 2.45) is 0 Å². The molecule has 2 aromatic rings. The van der Waals surface area contributed by atoms with Gasteiger partial charge in [0.15, 0.2) is 0 Å². The summed E-state index contributed by atoms with van der Waals surface area (Å²) in [7, 11) is 0. The Morgan fingerprint density at radius 2 is 2.12 bits per heavy atom. The van der Waals surface area contributed by atoms with Gasteiger partial charge in [-0.15, -0.1) is 10.1 Å². The van der Waals surface area contributed by atoms with Gasteiger partial charge in [0.2, 0.25) is 11.8 Å². The van der Waals surface area contributed by atoms with Crippen molar-refractivity contribution >= 4 is 22.7 Å². The van der Waals surface area contributed by atoms with Crippen molar-refractivity contribution in [1.82, 2.24) is 15.6 Å². The van der Waals surface area contributed by atoms with E-state index in [9.17, 15) is 19.7 Å². The highest BCUT2D eigenvalue weighted by atomic mass is 16.9. The minimum atomic E-state index is -0.927. The minimum absolute atomic E-state index is 0.0240. The second kappa shape index (κ2) is 7.95. The molecule has 1 aromatic carbocycles. The maximum absolute atomic E-state index is 12.2. The lowest BCUT2D eigenvalue weighted by Crippen LogP contribution is -2.48. The van der Waals surface area contributed by atoms with Gasteiger partial charge in [-0.25, -0.2) is 0 Å². The zero-order chi connectivity index (χ0) is 17.5. The minimum Gasteiger partial charge on any atom is -0.361 e. The van der Waals surface area contributed by atoms with Crippen LogP contribution in [0.1, 0.15) is 12.5 Å². The lowest BCUT2D eigenvalue weighted by molar-refractivity contribution is -0.757. The number of rotatable bonds is 8. The van der Waals surface area contributed by atoms with Gasteiger partial charge in [-0.05, 0) is 11.6 Å². The van der Waals surface area contributed by atoms with Crippen LogP contribution in [0.2, 0.25) is 0 Å². The number of hydrogen-bond acceptors (Lipinski definition) is 5. The number of carbonyl (C=O) groups is 2. The quantitative estimate of drug-likeness (QED) is 0.369. The molecule has 3 N–H and O–H groups in total. The fourth-order valence-corrected chi connectivity index (χ4v) is 2.39. The highest BCUT2D eigenvalue weighted by molar-refractivity contribution is 5.89. The number of H-pyrrole nitrogens is 1. The number of hydrogen-bond donors (Lipinski definition) is 3. The van der Waals surface area contributed by atoms with Gasteiger partial charge in [0.05, 0.1) is 0 Å². The lowest BCUT2D eigenvalue weighted by Gasteiger charge is -2.17. The Kier molecular flexibility index (Phi) is 5.72. The van der Waals surface area contributed by atoms with E-state index in [0.29, 0.717) is 6.42 Å². The molecule has 1 aromatic heterocycles. The van der Waals surface area contributed by atoms with Crippen LogP contribution in [0.15, 0.2) is 30.5 Å². The first-order valence-electron chi connectivity index (χ1n) is 7.34. The van der Waals surface area contributed by atoms with Gasteiger partial charge < -0.3 is 20.5 Å². The van der Waals surface area contributed by atoms with Gasteiger partial charge in [0, 0.05) is 37.0 Å². The van der Waals surface area contributed by atoms with Crippen LogP contribution in [0, 0.1) is 10.1 Å². The van der Waals surface area contributed by atoms with Crippen LogP contribution >= 0.6 is 0 Å². The van der Waals surface area contributed by atoms with Crippen molar-refractivity contribution < 1.29 is 19.5 Å². The third kappa shape index (κ3) is 4.70. The molecule has 2 rings (SSSR count). The SMILES string of the molecule is CC(=O)N[C@@H](Cc1c[nH]c2ccccc12)C(=O)NCCO[N+](=O)[O-]. The summed E-state index contributed by atoms with van der Waals surface area (Å²) in [6.45, 7) is 1.05. The molecule has 0 radical (unpaired) electrons. The van der Waals surface area contributed by atoms with Crippen molar-refractivity contribution in [2.45, 2.75) is 19.4 Å². The molecule has 9 nitrogen and oxygen atoms in total. The molecule has 0 bridgehead atoms. The molecule has 0 aliphatic carbocycles. The van der Waals surface area contributed by atoms with E-state index >= 15 is 0 Å². The predicted molar refractivity (Wildman–Crippen MR) is 85.6 cm³/mol. The van der Waals surface area contributed by atoms with Crippen LogP contribution in [0.4, 0.5) is 0 Å².